The highest BCUT2D eigenvalue weighted by atomic mass is 32.2. The van der Waals surface area contributed by atoms with Crippen LogP contribution in [-0.4, -0.2) is 61.5 Å². The lowest BCUT2D eigenvalue weighted by Gasteiger charge is -2.34. The van der Waals surface area contributed by atoms with Gasteiger partial charge in [0.05, 0.1) is 18.1 Å². The molecule has 3 rings (SSSR count). The molecule has 1 aromatic heterocycles. The van der Waals surface area contributed by atoms with Crippen LogP contribution in [0.4, 0.5) is 5.82 Å². The maximum atomic E-state index is 12.3. The molecule has 0 aliphatic carbocycles. The molecule has 152 valence electrons. The Hall–Kier alpha value is -2.19. The number of unbranched alkanes of at least 4 members (excludes halogenated alkanes) is 1. The zero-order chi connectivity index (χ0) is 20.0. The van der Waals surface area contributed by atoms with E-state index >= 15 is 0 Å². The lowest BCUT2D eigenvalue weighted by Crippen LogP contribution is -2.49. The number of ether oxygens (including phenoxy) is 1. The molecule has 0 bridgehead atoms. The molecule has 0 saturated carbocycles. The van der Waals surface area contributed by atoms with Crippen molar-refractivity contribution in [1.29, 1.82) is 0 Å². The van der Waals surface area contributed by atoms with Gasteiger partial charge >= 0.3 is 0 Å². The molecule has 1 aromatic carbocycles. The molecule has 1 fully saturated rings. The predicted molar refractivity (Wildman–Crippen MR) is 111 cm³/mol. The zero-order valence-corrected chi connectivity index (χ0v) is 17.4. The van der Waals surface area contributed by atoms with Crippen molar-refractivity contribution in [2.24, 2.45) is 0 Å². The van der Waals surface area contributed by atoms with Gasteiger partial charge in [-0.05, 0) is 49.7 Å². The first-order valence-corrected chi connectivity index (χ1v) is 11.4. The molecule has 28 heavy (non-hydrogen) atoms. The van der Waals surface area contributed by atoms with Gasteiger partial charge in [-0.15, -0.1) is 10.2 Å². The lowest BCUT2D eigenvalue weighted by molar-refractivity contribution is 0.340. The van der Waals surface area contributed by atoms with Gasteiger partial charge in [-0.1, -0.05) is 13.3 Å². The minimum Gasteiger partial charge on any atom is -0.494 e. The van der Waals surface area contributed by atoms with E-state index < -0.39 is 10.0 Å². The number of benzene rings is 1. The molecule has 2 aromatic rings. The van der Waals surface area contributed by atoms with Crippen LogP contribution in [0.1, 0.15) is 26.7 Å². The van der Waals surface area contributed by atoms with Crippen molar-refractivity contribution in [1.82, 2.24) is 14.5 Å². The van der Waals surface area contributed by atoms with Crippen LogP contribution >= 0.6 is 0 Å². The first-order valence-electron chi connectivity index (χ1n) is 9.83. The summed E-state index contributed by atoms with van der Waals surface area (Å²) in [5.41, 5.74) is 1.78. The SMILES string of the molecule is CCCCS(=O)(=O)N1CCN(c2ccc(-c3ccc(OCC)cc3)nn2)CC1. The van der Waals surface area contributed by atoms with Crippen LogP contribution < -0.4 is 9.64 Å². The summed E-state index contributed by atoms with van der Waals surface area (Å²) in [7, 11) is -3.14. The molecule has 0 spiro atoms. The van der Waals surface area contributed by atoms with Crippen LogP contribution in [0.15, 0.2) is 36.4 Å². The molecule has 0 amide bonds. The molecule has 0 unspecified atom stereocenters. The van der Waals surface area contributed by atoms with Crippen LogP contribution in [0.3, 0.4) is 0 Å². The van der Waals surface area contributed by atoms with Gasteiger partial charge in [0.25, 0.3) is 0 Å². The monoisotopic (exact) mass is 404 g/mol. The molecule has 1 aliphatic heterocycles. The van der Waals surface area contributed by atoms with Crippen LogP contribution in [0, 0.1) is 0 Å². The third-order valence-corrected chi connectivity index (χ3v) is 6.78. The number of hydrogen-bond acceptors (Lipinski definition) is 6. The topological polar surface area (TPSA) is 75.6 Å². The second-order valence-corrected chi connectivity index (χ2v) is 8.88. The second kappa shape index (κ2) is 9.34. The van der Waals surface area contributed by atoms with E-state index in [1.807, 2.05) is 50.2 Å². The van der Waals surface area contributed by atoms with E-state index in [4.69, 9.17) is 4.74 Å². The summed E-state index contributed by atoms with van der Waals surface area (Å²) in [5, 5.41) is 8.69. The quantitative estimate of drug-likeness (QED) is 0.673. The number of anilines is 1. The third-order valence-electron chi connectivity index (χ3n) is 4.82. The fourth-order valence-electron chi connectivity index (χ4n) is 3.19. The van der Waals surface area contributed by atoms with Gasteiger partial charge in [0.2, 0.25) is 10.0 Å². The zero-order valence-electron chi connectivity index (χ0n) is 16.5. The number of aromatic nitrogens is 2. The molecular weight excluding hydrogens is 376 g/mol. The van der Waals surface area contributed by atoms with E-state index in [1.54, 1.807) is 4.31 Å². The van der Waals surface area contributed by atoms with Gasteiger partial charge in [-0.2, -0.15) is 4.31 Å². The maximum Gasteiger partial charge on any atom is 0.214 e. The number of piperazine rings is 1. The maximum absolute atomic E-state index is 12.3. The number of rotatable bonds is 8. The molecule has 2 heterocycles. The molecule has 1 saturated heterocycles. The van der Waals surface area contributed by atoms with Crippen molar-refractivity contribution in [3.63, 3.8) is 0 Å². The Kier molecular flexibility index (Phi) is 6.85. The molecule has 0 N–H and O–H groups in total. The van der Waals surface area contributed by atoms with Crippen molar-refractivity contribution in [3.05, 3.63) is 36.4 Å². The minimum atomic E-state index is -3.14. The van der Waals surface area contributed by atoms with Crippen LogP contribution in [0.2, 0.25) is 0 Å². The Morgan fingerprint density at radius 2 is 1.68 bits per heavy atom. The summed E-state index contributed by atoms with van der Waals surface area (Å²) in [6.07, 6.45) is 1.59. The largest absolute Gasteiger partial charge is 0.494 e. The highest BCUT2D eigenvalue weighted by Gasteiger charge is 2.27. The van der Waals surface area contributed by atoms with Crippen molar-refractivity contribution in [2.45, 2.75) is 26.7 Å². The van der Waals surface area contributed by atoms with Crippen molar-refractivity contribution in [2.75, 3.05) is 43.4 Å². The van der Waals surface area contributed by atoms with Crippen LogP contribution in [-0.2, 0) is 10.0 Å². The Balaban J connectivity index is 1.60. The average molecular weight is 405 g/mol. The number of sulfonamides is 1. The van der Waals surface area contributed by atoms with Crippen molar-refractivity contribution in [3.8, 4) is 17.0 Å². The first-order chi connectivity index (χ1) is 13.5. The predicted octanol–water partition coefficient (Wildman–Crippen LogP) is 2.79. The Morgan fingerprint density at radius 3 is 2.25 bits per heavy atom. The van der Waals surface area contributed by atoms with Crippen molar-refractivity contribution >= 4 is 15.8 Å². The summed E-state index contributed by atoms with van der Waals surface area (Å²) in [5.74, 6) is 1.85. The van der Waals surface area contributed by atoms with Gasteiger partial charge in [0.15, 0.2) is 5.82 Å². The van der Waals surface area contributed by atoms with Gasteiger partial charge in [0, 0.05) is 31.7 Å². The molecule has 7 nitrogen and oxygen atoms in total. The summed E-state index contributed by atoms with van der Waals surface area (Å²) in [6.45, 7) is 6.84. The Bertz CT molecular complexity index is 846. The van der Waals surface area contributed by atoms with Gasteiger partial charge < -0.3 is 9.64 Å². The summed E-state index contributed by atoms with van der Waals surface area (Å²) in [4.78, 5) is 2.08. The van der Waals surface area contributed by atoms with E-state index in [1.165, 1.54) is 0 Å². The molecule has 8 heteroatoms. The number of nitrogens with zero attached hydrogens (tertiary/aromatic N) is 4. The minimum absolute atomic E-state index is 0.236. The van der Waals surface area contributed by atoms with E-state index in [0.29, 0.717) is 39.2 Å². The van der Waals surface area contributed by atoms with Gasteiger partial charge in [-0.25, -0.2) is 8.42 Å². The Morgan fingerprint density at radius 1 is 0.964 bits per heavy atom. The average Bonchev–Trinajstić information content (AvgIpc) is 2.73. The molecule has 0 radical (unpaired) electrons. The third kappa shape index (κ3) is 4.99. The van der Waals surface area contributed by atoms with Crippen LogP contribution in [0.5, 0.6) is 5.75 Å². The second-order valence-electron chi connectivity index (χ2n) is 6.79. The summed E-state index contributed by atoms with van der Waals surface area (Å²) < 4.78 is 31.7. The summed E-state index contributed by atoms with van der Waals surface area (Å²) in [6, 6.07) is 11.7. The first kappa shape index (κ1) is 20.5. The fourth-order valence-corrected chi connectivity index (χ4v) is 4.82. The summed E-state index contributed by atoms with van der Waals surface area (Å²) >= 11 is 0. The Labute approximate surface area is 167 Å². The normalized spacial score (nSPS) is 15.6. The lowest BCUT2D eigenvalue weighted by atomic mass is 10.1. The number of hydrogen-bond donors (Lipinski definition) is 0. The standard InChI is InChI=1S/C20H28N4O3S/c1-3-5-16-28(25,26)24-14-12-23(13-15-24)20-11-10-19(21-22-20)17-6-8-18(9-7-17)27-4-2/h6-11H,3-5,12-16H2,1-2H3. The van der Waals surface area contributed by atoms with Crippen molar-refractivity contribution < 1.29 is 13.2 Å². The van der Waals surface area contributed by atoms with E-state index in [0.717, 1.165) is 29.2 Å². The van der Waals surface area contributed by atoms with E-state index in [2.05, 4.69) is 15.1 Å². The fraction of sp³-hybridized carbons (Fsp3) is 0.500. The highest BCUT2D eigenvalue weighted by Crippen LogP contribution is 2.22. The van der Waals surface area contributed by atoms with Gasteiger partial charge in [0.1, 0.15) is 5.75 Å². The van der Waals surface area contributed by atoms with E-state index in [9.17, 15) is 8.42 Å². The highest BCUT2D eigenvalue weighted by molar-refractivity contribution is 7.89. The molecule has 1 aliphatic rings. The van der Waals surface area contributed by atoms with Gasteiger partial charge in [-0.3, -0.25) is 0 Å². The van der Waals surface area contributed by atoms with E-state index in [-0.39, 0.29) is 5.75 Å². The molecular formula is C20H28N4O3S. The smallest absolute Gasteiger partial charge is 0.214 e. The molecule has 0 atom stereocenters. The van der Waals surface area contributed by atoms with Crippen LogP contribution in [0.25, 0.3) is 11.3 Å².